The number of hydrogen-bond acceptors (Lipinski definition) is 2. The van der Waals surface area contributed by atoms with Gasteiger partial charge in [-0.2, -0.15) is 0 Å². The topological polar surface area (TPSA) is 35.2 Å². The average molecular weight is 169 g/mol. The van der Waals surface area contributed by atoms with Crippen LogP contribution in [0.5, 0.6) is 0 Å². The molecule has 0 unspecified atom stereocenters. The third kappa shape index (κ3) is 2.20. The zero-order valence-electron chi connectivity index (χ0n) is 7.72. The predicted molar refractivity (Wildman–Crippen MR) is 48.9 cm³/mol. The molecular formula is C10H19NO. The largest absolute Gasteiger partial charge is 0.381 e. The number of rotatable bonds is 3. The van der Waals surface area contributed by atoms with Crippen LogP contribution < -0.4 is 5.73 Å². The summed E-state index contributed by atoms with van der Waals surface area (Å²) in [6, 6.07) is 0. The van der Waals surface area contributed by atoms with E-state index in [1.807, 2.05) is 0 Å². The molecule has 70 valence electrons. The van der Waals surface area contributed by atoms with E-state index in [2.05, 4.69) is 0 Å². The van der Waals surface area contributed by atoms with Crippen molar-refractivity contribution in [2.75, 3.05) is 13.2 Å². The highest BCUT2D eigenvalue weighted by molar-refractivity contribution is 4.88. The summed E-state index contributed by atoms with van der Waals surface area (Å²) in [7, 11) is 0. The second-order valence-electron chi connectivity index (χ2n) is 4.46. The van der Waals surface area contributed by atoms with E-state index in [1.165, 1.54) is 25.7 Å². The Morgan fingerprint density at radius 3 is 2.50 bits per heavy atom. The molecule has 1 aliphatic carbocycles. The monoisotopic (exact) mass is 169 g/mol. The maximum Gasteiger partial charge on any atom is 0.0483 e. The Morgan fingerprint density at radius 1 is 1.25 bits per heavy atom. The minimum atomic E-state index is 0.126. The first-order valence-electron chi connectivity index (χ1n) is 5.15. The summed E-state index contributed by atoms with van der Waals surface area (Å²) in [4.78, 5) is 0. The predicted octanol–water partition coefficient (Wildman–Crippen LogP) is 1.68. The van der Waals surface area contributed by atoms with Crippen LogP contribution >= 0.6 is 0 Å². The zero-order valence-corrected chi connectivity index (χ0v) is 7.72. The molecule has 1 saturated carbocycles. The van der Waals surface area contributed by atoms with E-state index in [4.69, 9.17) is 10.5 Å². The van der Waals surface area contributed by atoms with Crippen LogP contribution in [0.1, 0.15) is 38.5 Å². The Kier molecular flexibility index (Phi) is 2.37. The number of hydrogen-bond donors (Lipinski definition) is 1. The van der Waals surface area contributed by atoms with E-state index >= 15 is 0 Å². The fourth-order valence-corrected chi connectivity index (χ4v) is 1.93. The van der Waals surface area contributed by atoms with Gasteiger partial charge in [-0.25, -0.2) is 0 Å². The first-order valence-corrected chi connectivity index (χ1v) is 5.15. The standard InChI is InChI=1S/C10H19NO/c11-10(4-3-9-1-2-9)5-7-12-8-6-10/h9H,1-8,11H2. The summed E-state index contributed by atoms with van der Waals surface area (Å²) in [5, 5.41) is 0. The summed E-state index contributed by atoms with van der Waals surface area (Å²) < 4.78 is 5.31. The molecule has 12 heavy (non-hydrogen) atoms. The molecule has 2 fully saturated rings. The van der Waals surface area contributed by atoms with E-state index in [0.717, 1.165) is 32.0 Å². The van der Waals surface area contributed by atoms with Gasteiger partial charge >= 0.3 is 0 Å². The third-order valence-electron chi connectivity index (χ3n) is 3.24. The van der Waals surface area contributed by atoms with Gasteiger partial charge in [-0.3, -0.25) is 0 Å². The highest BCUT2D eigenvalue weighted by Crippen LogP contribution is 2.36. The minimum absolute atomic E-state index is 0.126. The maximum atomic E-state index is 6.26. The number of nitrogens with two attached hydrogens (primary N) is 1. The summed E-state index contributed by atoms with van der Waals surface area (Å²) in [6.45, 7) is 1.75. The van der Waals surface area contributed by atoms with E-state index < -0.39 is 0 Å². The second kappa shape index (κ2) is 3.35. The molecule has 0 bridgehead atoms. The van der Waals surface area contributed by atoms with Crippen LogP contribution in [0.4, 0.5) is 0 Å². The van der Waals surface area contributed by atoms with E-state index in [1.54, 1.807) is 0 Å². The van der Waals surface area contributed by atoms with Crippen LogP contribution in [0.25, 0.3) is 0 Å². The molecule has 0 amide bonds. The van der Waals surface area contributed by atoms with Gasteiger partial charge in [0.2, 0.25) is 0 Å². The lowest BCUT2D eigenvalue weighted by atomic mass is 9.86. The van der Waals surface area contributed by atoms with Gasteiger partial charge in [-0.1, -0.05) is 12.8 Å². The lowest BCUT2D eigenvalue weighted by molar-refractivity contribution is 0.0490. The van der Waals surface area contributed by atoms with Crippen LogP contribution in [0.2, 0.25) is 0 Å². The maximum absolute atomic E-state index is 6.26. The van der Waals surface area contributed by atoms with Gasteiger partial charge in [-0.15, -0.1) is 0 Å². The third-order valence-corrected chi connectivity index (χ3v) is 3.24. The van der Waals surface area contributed by atoms with Gasteiger partial charge in [0.25, 0.3) is 0 Å². The van der Waals surface area contributed by atoms with Gasteiger partial charge in [-0.05, 0) is 31.6 Å². The number of ether oxygens (including phenoxy) is 1. The van der Waals surface area contributed by atoms with Crippen molar-refractivity contribution in [3.63, 3.8) is 0 Å². The lowest BCUT2D eigenvalue weighted by Crippen LogP contribution is -2.44. The molecule has 0 radical (unpaired) electrons. The average Bonchev–Trinajstić information content (AvgIpc) is 2.85. The van der Waals surface area contributed by atoms with Gasteiger partial charge in [0.05, 0.1) is 0 Å². The van der Waals surface area contributed by atoms with Crippen LogP contribution in [-0.4, -0.2) is 18.8 Å². The van der Waals surface area contributed by atoms with Gasteiger partial charge in [0, 0.05) is 18.8 Å². The first-order chi connectivity index (χ1) is 5.79. The molecule has 2 rings (SSSR count). The molecule has 2 aliphatic rings. The summed E-state index contributed by atoms with van der Waals surface area (Å²) >= 11 is 0. The van der Waals surface area contributed by atoms with Gasteiger partial charge in [0.15, 0.2) is 0 Å². The quantitative estimate of drug-likeness (QED) is 0.697. The molecule has 1 heterocycles. The Hall–Kier alpha value is -0.0800. The molecule has 2 heteroatoms. The van der Waals surface area contributed by atoms with Crippen LogP contribution in [0.15, 0.2) is 0 Å². The first kappa shape index (κ1) is 8.52. The Bertz CT molecular complexity index is 148. The normalized spacial score (nSPS) is 28.8. The molecule has 0 atom stereocenters. The SMILES string of the molecule is NC1(CCC2CC2)CCOCC1. The summed E-state index contributed by atoms with van der Waals surface area (Å²) in [6.07, 6.45) is 7.62. The highest BCUT2D eigenvalue weighted by atomic mass is 16.5. The highest BCUT2D eigenvalue weighted by Gasteiger charge is 2.30. The van der Waals surface area contributed by atoms with Crippen molar-refractivity contribution in [1.82, 2.24) is 0 Å². The molecule has 0 aromatic heterocycles. The fourth-order valence-electron chi connectivity index (χ4n) is 1.93. The lowest BCUT2D eigenvalue weighted by Gasteiger charge is -2.33. The summed E-state index contributed by atoms with van der Waals surface area (Å²) in [5.74, 6) is 1.02. The van der Waals surface area contributed by atoms with Crippen molar-refractivity contribution >= 4 is 0 Å². The zero-order chi connectivity index (χ0) is 8.44. The molecular weight excluding hydrogens is 150 g/mol. The van der Waals surface area contributed by atoms with Crippen molar-refractivity contribution in [2.45, 2.75) is 44.1 Å². The molecule has 1 aliphatic heterocycles. The summed E-state index contributed by atoms with van der Waals surface area (Å²) in [5.41, 5.74) is 6.38. The van der Waals surface area contributed by atoms with Crippen molar-refractivity contribution in [2.24, 2.45) is 11.7 Å². The fraction of sp³-hybridized carbons (Fsp3) is 1.00. The molecule has 1 saturated heterocycles. The van der Waals surface area contributed by atoms with Crippen molar-refractivity contribution < 1.29 is 4.74 Å². The molecule has 0 aromatic rings. The van der Waals surface area contributed by atoms with Crippen molar-refractivity contribution in [1.29, 1.82) is 0 Å². The smallest absolute Gasteiger partial charge is 0.0483 e. The molecule has 0 aromatic carbocycles. The Morgan fingerprint density at radius 2 is 1.92 bits per heavy atom. The van der Waals surface area contributed by atoms with E-state index in [0.29, 0.717) is 0 Å². The van der Waals surface area contributed by atoms with Crippen LogP contribution in [-0.2, 0) is 4.74 Å². The Balaban J connectivity index is 1.73. The van der Waals surface area contributed by atoms with E-state index in [-0.39, 0.29) is 5.54 Å². The second-order valence-corrected chi connectivity index (χ2v) is 4.46. The van der Waals surface area contributed by atoms with Gasteiger partial charge < -0.3 is 10.5 Å². The van der Waals surface area contributed by atoms with Crippen LogP contribution in [0.3, 0.4) is 0 Å². The van der Waals surface area contributed by atoms with E-state index in [9.17, 15) is 0 Å². The molecule has 0 spiro atoms. The molecule has 2 N–H and O–H groups in total. The van der Waals surface area contributed by atoms with Crippen LogP contribution in [0, 0.1) is 5.92 Å². The minimum Gasteiger partial charge on any atom is -0.381 e. The van der Waals surface area contributed by atoms with Gasteiger partial charge in [0.1, 0.15) is 0 Å². The molecule has 2 nitrogen and oxygen atoms in total. The van der Waals surface area contributed by atoms with Crippen molar-refractivity contribution in [3.8, 4) is 0 Å². The van der Waals surface area contributed by atoms with Crippen molar-refractivity contribution in [3.05, 3.63) is 0 Å². The Labute approximate surface area is 74.5 Å².